The molecule has 0 saturated carbocycles. The molecule has 0 aromatic carbocycles. The third-order valence-electron chi connectivity index (χ3n) is 2.29. The lowest BCUT2D eigenvalue weighted by Gasteiger charge is -2.29. The fourth-order valence-corrected chi connectivity index (χ4v) is 1.46. The fourth-order valence-electron chi connectivity index (χ4n) is 1.46. The highest BCUT2D eigenvalue weighted by Gasteiger charge is 2.21. The smallest absolute Gasteiger partial charge is 0.225 e. The number of hydrogen-bond donors (Lipinski definition) is 0. The zero-order chi connectivity index (χ0) is 11.4. The number of morpholine rings is 1. The van der Waals surface area contributed by atoms with Crippen LogP contribution < -0.4 is 4.90 Å². The Labute approximate surface area is 92.5 Å². The number of aldehydes is 1. The molecule has 2 rings (SSSR count). The van der Waals surface area contributed by atoms with Crippen LogP contribution in [0.2, 0.25) is 0 Å². The van der Waals surface area contributed by atoms with E-state index in [1.165, 1.54) is 12.4 Å². The molecule has 1 unspecified atom stereocenters. The quantitative estimate of drug-likeness (QED) is 0.651. The van der Waals surface area contributed by atoms with E-state index in [4.69, 9.17) is 10.00 Å². The first kappa shape index (κ1) is 10.5. The van der Waals surface area contributed by atoms with E-state index in [1.807, 2.05) is 4.90 Å². The highest BCUT2D eigenvalue weighted by atomic mass is 16.5. The monoisotopic (exact) mass is 218 g/mol. The number of carbonyl (C=O) groups is 1. The molecular weight excluding hydrogens is 208 g/mol. The molecular formula is C10H10N4O2. The van der Waals surface area contributed by atoms with Crippen molar-refractivity contribution >= 4 is 12.2 Å². The number of ether oxygens (including phenoxy) is 1. The van der Waals surface area contributed by atoms with Crippen molar-refractivity contribution in [1.29, 1.82) is 5.26 Å². The third kappa shape index (κ3) is 2.15. The minimum absolute atomic E-state index is 0.439. The van der Waals surface area contributed by atoms with Crippen LogP contribution >= 0.6 is 0 Å². The standard InChI is InChI=1S/C10H10N4O2/c11-3-9-6-14(1-2-16-9)10-12-4-8(7-15)5-13-10/h4-5,7,9H,1-2,6H2. The first-order valence-electron chi connectivity index (χ1n) is 4.87. The summed E-state index contributed by atoms with van der Waals surface area (Å²) in [5.41, 5.74) is 0.439. The number of anilines is 1. The maximum Gasteiger partial charge on any atom is 0.225 e. The van der Waals surface area contributed by atoms with Gasteiger partial charge in [-0.2, -0.15) is 5.26 Å². The summed E-state index contributed by atoms with van der Waals surface area (Å²) in [6.07, 6.45) is 3.18. The Hall–Kier alpha value is -2.00. The van der Waals surface area contributed by atoms with Crippen molar-refractivity contribution in [1.82, 2.24) is 9.97 Å². The second kappa shape index (κ2) is 4.68. The fraction of sp³-hybridized carbons (Fsp3) is 0.400. The van der Waals surface area contributed by atoms with Gasteiger partial charge in [-0.25, -0.2) is 9.97 Å². The molecule has 1 saturated heterocycles. The molecule has 1 atom stereocenters. The molecule has 0 aliphatic carbocycles. The maximum atomic E-state index is 10.4. The van der Waals surface area contributed by atoms with Crippen molar-refractivity contribution in [3.63, 3.8) is 0 Å². The van der Waals surface area contributed by atoms with Gasteiger partial charge in [0.1, 0.15) is 0 Å². The normalized spacial score (nSPS) is 20.2. The van der Waals surface area contributed by atoms with Crippen LogP contribution in [0.4, 0.5) is 5.95 Å². The SMILES string of the molecule is N#CC1CN(c2ncc(C=O)cn2)CCO1. The van der Waals surface area contributed by atoms with Gasteiger partial charge in [-0.3, -0.25) is 4.79 Å². The zero-order valence-corrected chi connectivity index (χ0v) is 8.54. The van der Waals surface area contributed by atoms with E-state index >= 15 is 0 Å². The van der Waals surface area contributed by atoms with Gasteiger partial charge in [-0.15, -0.1) is 0 Å². The summed E-state index contributed by atoms with van der Waals surface area (Å²) in [5, 5.41) is 8.75. The number of aromatic nitrogens is 2. The van der Waals surface area contributed by atoms with E-state index in [2.05, 4.69) is 16.0 Å². The summed E-state index contributed by atoms with van der Waals surface area (Å²) in [7, 11) is 0. The molecule has 0 N–H and O–H groups in total. The summed E-state index contributed by atoms with van der Waals surface area (Å²) in [4.78, 5) is 20.4. The van der Waals surface area contributed by atoms with Gasteiger partial charge in [0.25, 0.3) is 0 Å². The van der Waals surface area contributed by atoms with E-state index in [1.54, 1.807) is 0 Å². The largest absolute Gasteiger partial charge is 0.360 e. The van der Waals surface area contributed by atoms with Crippen molar-refractivity contribution in [2.75, 3.05) is 24.6 Å². The molecule has 0 spiro atoms. The Balaban J connectivity index is 2.11. The van der Waals surface area contributed by atoms with E-state index in [0.717, 1.165) is 0 Å². The van der Waals surface area contributed by atoms with Crippen LogP contribution in [-0.2, 0) is 4.74 Å². The molecule has 6 nitrogen and oxygen atoms in total. The summed E-state index contributed by atoms with van der Waals surface area (Å²) < 4.78 is 5.21. The van der Waals surface area contributed by atoms with E-state index < -0.39 is 6.10 Å². The Morgan fingerprint density at radius 3 is 2.94 bits per heavy atom. The minimum Gasteiger partial charge on any atom is -0.360 e. The van der Waals surface area contributed by atoms with Gasteiger partial charge in [0.05, 0.1) is 24.8 Å². The summed E-state index contributed by atoms with van der Waals surface area (Å²) in [6.45, 7) is 1.59. The molecule has 0 bridgehead atoms. The lowest BCUT2D eigenvalue weighted by molar-refractivity contribution is 0.0758. The molecule has 82 valence electrons. The number of rotatable bonds is 2. The van der Waals surface area contributed by atoms with Crippen molar-refractivity contribution in [3.8, 4) is 6.07 Å². The molecule has 0 radical (unpaired) electrons. The molecule has 16 heavy (non-hydrogen) atoms. The highest BCUT2D eigenvalue weighted by molar-refractivity contribution is 5.73. The van der Waals surface area contributed by atoms with Crippen LogP contribution in [0.1, 0.15) is 10.4 Å². The topological polar surface area (TPSA) is 79.1 Å². The van der Waals surface area contributed by atoms with E-state index in [0.29, 0.717) is 37.5 Å². The number of hydrogen-bond acceptors (Lipinski definition) is 6. The van der Waals surface area contributed by atoms with Crippen LogP contribution in [0.3, 0.4) is 0 Å². The van der Waals surface area contributed by atoms with Gasteiger partial charge in [0, 0.05) is 18.9 Å². The molecule has 2 heterocycles. The zero-order valence-electron chi connectivity index (χ0n) is 8.54. The van der Waals surface area contributed by atoms with Gasteiger partial charge in [0.15, 0.2) is 12.4 Å². The predicted molar refractivity (Wildman–Crippen MR) is 55.0 cm³/mol. The molecule has 1 aliphatic heterocycles. The average molecular weight is 218 g/mol. The first-order chi connectivity index (χ1) is 7.83. The maximum absolute atomic E-state index is 10.4. The van der Waals surface area contributed by atoms with Crippen LogP contribution in [0, 0.1) is 11.3 Å². The second-order valence-corrected chi connectivity index (χ2v) is 3.37. The van der Waals surface area contributed by atoms with E-state index in [9.17, 15) is 4.79 Å². The molecule has 1 aliphatic rings. The lowest BCUT2D eigenvalue weighted by Crippen LogP contribution is -2.42. The second-order valence-electron chi connectivity index (χ2n) is 3.37. The van der Waals surface area contributed by atoms with Crippen LogP contribution in [0.5, 0.6) is 0 Å². The van der Waals surface area contributed by atoms with Gasteiger partial charge in [-0.1, -0.05) is 0 Å². The molecule has 0 amide bonds. The van der Waals surface area contributed by atoms with Crippen molar-refractivity contribution in [2.45, 2.75) is 6.10 Å². The van der Waals surface area contributed by atoms with Crippen LogP contribution in [-0.4, -0.2) is 42.1 Å². The number of nitriles is 1. The number of carbonyl (C=O) groups excluding carboxylic acids is 1. The van der Waals surface area contributed by atoms with Gasteiger partial charge >= 0.3 is 0 Å². The molecule has 1 aromatic heterocycles. The summed E-state index contributed by atoms with van der Waals surface area (Å²) in [5.74, 6) is 0.522. The van der Waals surface area contributed by atoms with Crippen molar-refractivity contribution in [3.05, 3.63) is 18.0 Å². The van der Waals surface area contributed by atoms with Crippen LogP contribution in [0.15, 0.2) is 12.4 Å². The average Bonchev–Trinajstić information content (AvgIpc) is 2.39. The Morgan fingerprint density at radius 2 is 2.31 bits per heavy atom. The van der Waals surface area contributed by atoms with Crippen molar-refractivity contribution in [2.24, 2.45) is 0 Å². The lowest BCUT2D eigenvalue weighted by atomic mass is 10.3. The van der Waals surface area contributed by atoms with Gasteiger partial charge in [0.2, 0.25) is 5.95 Å². The first-order valence-corrected chi connectivity index (χ1v) is 4.87. The van der Waals surface area contributed by atoms with Crippen molar-refractivity contribution < 1.29 is 9.53 Å². The number of nitrogens with zero attached hydrogens (tertiary/aromatic N) is 4. The third-order valence-corrected chi connectivity index (χ3v) is 2.29. The van der Waals surface area contributed by atoms with Gasteiger partial charge in [-0.05, 0) is 0 Å². The predicted octanol–water partition coefficient (Wildman–Crippen LogP) is 0.0179. The molecule has 1 fully saturated rings. The Bertz CT molecular complexity index is 412. The summed E-state index contributed by atoms with van der Waals surface area (Å²) in [6, 6.07) is 2.05. The van der Waals surface area contributed by atoms with E-state index in [-0.39, 0.29) is 0 Å². The molecule has 1 aromatic rings. The highest BCUT2D eigenvalue weighted by Crippen LogP contribution is 2.11. The Kier molecular flexibility index (Phi) is 3.08. The van der Waals surface area contributed by atoms with Gasteiger partial charge < -0.3 is 9.64 Å². The molecule has 6 heteroatoms. The Morgan fingerprint density at radius 1 is 1.56 bits per heavy atom. The van der Waals surface area contributed by atoms with Crippen LogP contribution in [0.25, 0.3) is 0 Å². The summed E-state index contributed by atoms with van der Waals surface area (Å²) >= 11 is 0. The minimum atomic E-state index is -0.442.